The van der Waals surface area contributed by atoms with Crippen molar-refractivity contribution in [3.63, 3.8) is 0 Å². The van der Waals surface area contributed by atoms with Crippen LogP contribution in [-0.4, -0.2) is 45.2 Å². The number of aromatic amines is 1. The molecule has 21 heavy (non-hydrogen) atoms. The summed E-state index contributed by atoms with van der Waals surface area (Å²) in [6, 6.07) is 0. The molecule has 0 aliphatic carbocycles. The molecule has 3 heterocycles. The Morgan fingerprint density at radius 1 is 1.24 bits per heavy atom. The van der Waals surface area contributed by atoms with Crippen molar-refractivity contribution in [1.82, 2.24) is 25.1 Å². The van der Waals surface area contributed by atoms with E-state index < -0.39 is 0 Å². The number of piperidine rings is 1. The van der Waals surface area contributed by atoms with Gasteiger partial charge in [-0.1, -0.05) is 0 Å². The van der Waals surface area contributed by atoms with E-state index in [-0.39, 0.29) is 0 Å². The topological polar surface area (TPSA) is 57.7 Å². The molecule has 0 unspecified atom stereocenters. The fourth-order valence-electron chi connectivity index (χ4n) is 3.12. The average Bonchev–Trinajstić information content (AvgIpc) is 2.81. The lowest BCUT2D eigenvalue weighted by Crippen LogP contribution is -2.31. The Morgan fingerprint density at radius 2 is 2.00 bits per heavy atom. The van der Waals surface area contributed by atoms with Crippen LogP contribution in [0.1, 0.15) is 29.9 Å². The Balaban J connectivity index is 1.78. The van der Waals surface area contributed by atoms with Gasteiger partial charge in [-0.3, -0.25) is 10.1 Å². The van der Waals surface area contributed by atoms with Crippen molar-refractivity contribution in [3.8, 4) is 11.3 Å². The van der Waals surface area contributed by atoms with Crippen LogP contribution in [0, 0.1) is 19.8 Å². The summed E-state index contributed by atoms with van der Waals surface area (Å²) in [4.78, 5) is 11.6. The molecule has 0 aromatic carbocycles. The van der Waals surface area contributed by atoms with Crippen molar-refractivity contribution in [2.45, 2.75) is 33.1 Å². The Bertz CT molecular complexity index is 591. The number of rotatable bonds is 3. The normalized spacial score (nSPS) is 17.3. The minimum Gasteiger partial charge on any atom is -0.306 e. The van der Waals surface area contributed by atoms with Gasteiger partial charge in [0.15, 0.2) is 0 Å². The average molecular weight is 285 g/mol. The highest BCUT2D eigenvalue weighted by Crippen LogP contribution is 2.24. The fourth-order valence-corrected chi connectivity index (χ4v) is 3.12. The summed E-state index contributed by atoms with van der Waals surface area (Å²) in [7, 11) is 2.20. The van der Waals surface area contributed by atoms with E-state index in [0.29, 0.717) is 0 Å². The highest BCUT2D eigenvalue weighted by Gasteiger charge is 2.18. The maximum atomic E-state index is 4.81. The number of H-pyrrole nitrogens is 1. The number of aryl methyl sites for hydroxylation is 2. The molecule has 1 aliphatic heterocycles. The predicted molar refractivity (Wildman–Crippen MR) is 83.0 cm³/mol. The Hall–Kier alpha value is -1.75. The molecule has 0 bridgehead atoms. The molecule has 1 fully saturated rings. The lowest BCUT2D eigenvalue weighted by molar-refractivity contribution is 0.218. The largest absolute Gasteiger partial charge is 0.306 e. The molecule has 1 N–H and O–H groups in total. The van der Waals surface area contributed by atoms with E-state index in [1.54, 1.807) is 0 Å². The van der Waals surface area contributed by atoms with Gasteiger partial charge in [0.2, 0.25) is 0 Å². The molecule has 0 saturated carbocycles. The van der Waals surface area contributed by atoms with Gasteiger partial charge in [-0.25, -0.2) is 4.98 Å². The molecular weight excluding hydrogens is 262 g/mol. The summed E-state index contributed by atoms with van der Waals surface area (Å²) < 4.78 is 0. The van der Waals surface area contributed by atoms with E-state index in [1.807, 2.05) is 26.2 Å². The van der Waals surface area contributed by atoms with E-state index in [2.05, 4.69) is 27.1 Å². The Labute approximate surface area is 125 Å². The van der Waals surface area contributed by atoms with Crippen LogP contribution in [0.2, 0.25) is 0 Å². The molecule has 5 nitrogen and oxygen atoms in total. The van der Waals surface area contributed by atoms with Gasteiger partial charge in [0.05, 0.1) is 23.3 Å². The lowest BCUT2D eigenvalue weighted by atomic mass is 9.92. The highest BCUT2D eigenvalue weighted by molar-refractivity contribution is 5.63. The number of aromatic nitrogens is 4. The second kappa shape index (κ2) is 5.93. The number of nitrogens with zero attached hydrogens (tertiary/aromatic N) is 4. The minimum atomic E-state index is 0.734. The maximum Gasteiger partial charge on any atom is 0.0925 e. The molecule has 0 atom stereocenters. The van der Waals surface area contributed by atoms with Crippen LogP contribution in [0.5, 0.6) is 0 Å². The van der Waals surface area contributed by atoms with Crippen molar-refractivity contribution in [1.29, 1.82) is 0 Å². The molecule has 1 aliphatic rings. The third-order valence-corrected chi connectivity index (χ3v) is 4.40. The summed E-state index contributed by atoms with van der Waals surface area (Å²) in [6.07, 6.45) is 7.29. The smallest absolute Gasteiger partial charge is 0.0925 e. The SMILES string of the molecule is Cc1n[nH]c(C)c1-c1cncc(CC2CCN(C)CC2)n1. The standard InChI is InChI=1S/C16H23N5/c1-11-16(12(2)20-19-11)15-10-17-9-14(18-15)8-13-4-6-21(3)7-5-13/h9-10,13H,4-8H2,1-3H3,(H,19,20). The molecule has 112 valence electrons. The first-order valence-corrected chi connectivity index (χ1v) is 7.65. The Kier molecular flexibility index (Phi) is 4.01. The monoisotopic (exact) mass is 285 g/mol. The number of nitrogens with one attached hydrogen (secondary N) is 1. The summed E-state index contributed by atoms with van der Waals surface area (Å²) >= 11 is 0. The molecule has 3 rings (SSSR count). The summed E-state index contributed by atoms with van der Waals surface area (Å²) in [5.74, 6) is 0.734. The minimum absolute atomic E-state index is 0.734. The number of likely N-dealkylation sites (tertiary alicyclic amines) is 1. The molecule has 2 aromatic heterocycles. The van der Waals surface area contributed by atoms with Gasteiger partial charge in [-0.05, 0) is 59.2 Å². The number of hydrogen-bond donors (Lipinski definition) is 1. The van der Waals surface area contributed by atoms with Gasteiger partial charge in [-0.2, -0.15) is 5.10 Å². The zero-order valence-corrected chi connectivity index (χ0v) is 13.1. The van der Waals surface area contributed by atoms with Crippen molar-refractivity contribution in [2.75, 3.05) is 20.1 Å². The van der Waals surface area contributed by atoms with E-state index in [1.165, 1.54) is 25.9 Å². The van der Waals surface area contributed by atoms with E-state index in [9.17, 15) is 0 Å². The second-order valence-corrected chi connectivity index (χ2v) is 6.16. The quantitative estimate of drug-likeness (QED) is 0.940. The molecule has 2 aromatic rings. The Morgan fingerprint density at radius 3 is 2.67 bits per heavy atom. The van der Waals surface area contributed by atoms with Crippen LogP contribution in [-0.2, 0) is 6.42 Å². The van der Waals surface area contributed by atoms with Crippen molar-refractivity contribution >= 4 is 0 Å². The van der Waals surface area contributed by atoms with Crippen LogP contribution in [0.15, 0.2) is 12.4 Å². The molecule has 1 saturated heterocycles. The first kappa shape index (κ1) is 14.2. The fraction of sp³-hybridized carbons (Fsp3) is 0.562. The van der Waals surface area contributed by atoms with Gasteiger partial charge in [0.1, 0.15) is 0 Å². The van der Waals surface area contributed by atoms with Gasteiger partial charge in [0.25, 0.3) is 0 Å². The molecule has 0 amide bonds. The summed E-state index contributed by atoms with van der Waals surface area (Å²) in [5, 5.41) is 7.27. The van der Waals surface area contributed by atoms with E-state index in [4.69, 9.17) is 4.98 Å². The lowest BCUT2D eigenvalue weighted by Gasteiger charge is -2.28. The van der Waals surface area contributed by atoms with Crippen LogP contribution < -0.4 is 0 Å². The molecule has 5 heteroatoms. The number of hydrogen-bond acceptors (Lipinski definition) is 4. The van der Waals surface area contributed by atoms with Crippen molar-refractivity contribution < 1.29 is 0 Å². The summed E-state index contributed by atoms with van der Waals surface area (Å²) in [5.41, 5.74) is 5.16. The molecule has 0 radical (unpaired) electrons. The van der Waals surface area contributed by atoms with Gasteiger partial charge >= 0.3 is 0 Å². The van der Waals surface area contributed by atoms with Crippen LogP contribution in [0.25, 0.3) is 11.3 Å². The second-order valence-electron chi connectivity index (χ2n) is 6.16. The molecular formula is C16H23N5. The van der Waals surface area contributed by atoms with Gasteiger partial charge in [0, 0.05) is 17.5 Å². The van der Waals surface area contributed by atoms with Crippen molar-refractivity contribution in [2.24, 2.45) is 5.92 Å². The molecule has 0 spiro atoms. The third kappa shape index (κ3) is 3.13. The van der Waals surface area contributed by atoms with Crippen molar-refractivity contribution in [3.05, 3.63) is 29.5 Å². The zero-order valence-electron chi connectivity index (χ0n) is 13.1. The van der Waals surface area contributed by atoms with Gasteiger partial charge < -0.3 is 4.90 Å². The van der Waals surface area contributed by atoms with Crippen LogP contribution in [0.4, 0.5) is 0 Å². The third-order valence-electron chi connectivity index (χ3n) is 4.40. The van der Waals surface area contributed by atoms with E-state index >= 15 is 0 Å². The summed E-state index contributed by atoms with van der Waals surface area (Å²) in [6.45, 7) is 6.42. The first-order chi connectivity index (χ1) is 10.1. The maximum absolute atomic E-state index is 4.81. The van der Waals surface area contributed by atoms with E-state index in [0.717, 1.165) is 40.7 Å². The van der Waals surface area contributed by atoms with Gasteiger partial charge in [-0.15, -0.1) is 0 Å². The van der Waals surface area contributed by atoms with Crippen LogP contribution in [0.3, 0.4) is 0 Å². The zero-order chi connectivity index (χ0) is 14.8. The van der Waals surface area contributed by atoms with Crippen LogP contribution >= 0.6 is 0 Å². The predicted octanol–water partition coefficient (Wildman–Crippen LogP) is 2.37. The first-order valence-electron chi connectivity index (χ1n) is 7.65. The highest BCUT2D eigenvalue weighted by atomic mass is 15.1.